The third-order valence-corrected chi connectivity index (χ3v) is 4.81. The van der Waals surface area contributed by atoms with Gasteiger partial charge in [-0.15, -0.1) is 24.0 Å². The minimum Gasteiger partial charge on any atom is -0.383 e. The molecule has 126 valence electrons. The van der Waals surface area contributed by atoms with Crippen LogP contribution < -0.4 is 11.1 Å². The molecule has 4 N–H and O–H groups in total. The maximum absolute atomic E-state index is 10.4. The van der Waals surface area contributed by atoms with Crippen LogP contribution in [0.15, 0.2) is 21.8 Å². The Morgan fingerprint density at radius 2 is 2.41 bits per heavy atom. The monoisotopic (exact) mass is 438 g/mol. The van der Waals surface area contributed by atoms with Crippen molar-refractivity contribution in [2.75, 3.05) is 26.2 Å². The molecular formula is C15H27IN4OS. The van der Waals surface area contributed by atoms with E-state index in [0.717, 1.165) is 18.7 Å². The van der Waals surface area contributed by atoms with Crippen molar-refractivity contribution in [1.82, 2.24) is 10.2 Å². The number of aliphatic hydroxyl groups is 1. The number of likely N-dealkylation sites (N-methyl/N-ethyl adjacent to an activating group) is 1. The Labute approximate surface area is 154 Å². The van der Waals surface area contributed by atoms with Crippen LogP contribution in [0.3, 0.4) is 0 Å². The summed E-state index contributed by atoms with van der Waals surface area (Å²) in [5.74, 6) is 0.411. The Hall–Kier alpha value is -0.380. The zero-order valence-electron chi connectivity index (χ0n) is 13.3. The Morgan fingerprint density at radius 1 is 1.64 bits per heavy atom. The summed E-state index contributed by atoms with van der Waals surface area (Å²) in [7, 11) is 0. The molecule has 2 atom stereocenters. The minimum absolute atomic E-state index is 0. The van der Waals surface area contributed by atoms with Crippen LogP contribution >= 0.6 is 35.3 Å². The van der Waals surface area contributed by atoms with Gasteiger partial charge in [0.15, 0.2) is 5.96 Å². The lowest BCUT2D eigenvalue weighted by molar-refractivity contribution is 0.0677. The smallest absolute Gasteiger partial charge is 0.188 e. The molecule has 2 heterocycles. The van der Waals surface area contributed by atoms with Crippen LogP contribution in [0.1, 0.15) is 32.3 Å². The summed E-state index contributed by atoms with van der Waals surface area (Å²) in [5, 5.41) is 17.5. The number of nitrogens with zero attached hydrogens (tertiary/aromatic N) is 2. The molecule has 0 bridgehead atoms. The van der Waals surface area contributed by atoms with Gasteiger partial charge in [-0.25, -0.2) is 0 Å². The predicted octanol–water partition coefficient (Wildman–Crippen LogP) is 1.96. The lowest BCUT2D eigenvalue weighted by atomic mass is 10.00. The SMILES string of the molecule is CCN1CCCC1CNC(N)=NCC(C)(O)c1ccsc1.I. The Balaban J connectivity index is 0.00000242. The van der Waals surface area contributed by atoms with Crippen molar-refractivity contribution < 1.29 is 5.11 Å². The van der Waals surface area contributed by atoms with Gasteiger partial charge in [-0.2, -0.15) is 11.3 Å². The summed E-state index contributed by atoms with van der Waals surface area (Å²) >= 11 is 1.57. The lowest BCUT2D eigenvalue weighted by Gasteiger charge is -2.23. The van der Waals surface area contributed by atoms with E-state index in [2.05, 4.69) is 22.1 Å². The fourth-order valence-electron chi connectivity index (χ4n) is 2.72. The van der Waals surface area contributed by atoms with Crippen molar-refractivity contribution in [2.45, 2.75) is 38.3 Å². The maximum atomic E-state index is 10.4. The molecule has 1 aliphatic rings. The second-order valence-electron chi connectivity index (χ2n) is 5.79. The molecule has 0 saturated carbocycles. The molecule has 1 fully saturated rings. The van der Waals surface area contributed by atoms with Crippen molar-refractivity contribution in [1.29, 1.82) is 0 Å². The highest BCUT2D eigenvalue weighted by Crippen LogP contribution is 2.23. The molecule has 0 aromatic carbocycles. The molecule has 5 nitrogen and oxygen atoms in total. The van der Waals surface area contributed by atoms with E-state index in [1.165, 1.54) is 19.4 Å². The first kappa shape index (κ1) is 19.7. The summed E-state index contributed by atoms with van der Waals surface area (Å²) in [4.78, 5) is 6.74. The number of halogens is 1. The molecule has 1 saturated heterocycles. The van der Waals surface area contributed by atoms with E-state index in [4.69, 9.17) is 5.73 Å². The van der Waals surface area contributed by atoms with Crippen molar-refractivity contribution in [3.63, 3.8) is 0 Å². The van der Waals surface area contributed by atoms with Gasteiger partial charge in [0.05, 0.1) is 6.54 Å². The number of hydrogen-bond acceptors (Lipinski definition) is 4. The molecule has 1 aromatic heterocycles. The van der Waals surface area contributed by atoms with Gasteiger partial charge in [-0.05, 0) is 55.2 Å². The molecular weight excluding hydrogens is 411 g/mol. The number of aliphatic imine (C=N–C) groups is 1. The Bertz CT molecular complexity index is 464. The van der Waals surface area contributed by atoms with Crippen LogP contribution in [0.2, 0.25) is 0 Å². The molecule has 2 rings (SSSR count). The van der Waals surface area contributed by atoms with Gasteiger partial charge in [0.1, 0.15) is 5.60 Å². The third-order valence-electron chi connectivity index (χ3n) is 4.12. The number of rotatable bonds is 6. The number of hydrogen-bond donors (Lipinski definition) is 3. The van der Waals surface area contributed by atoms with Crippen LogP contribution in [-0.2, 0) is 5.60 Å². The maximum Gasteiger partial charge on any atom is 0.188 e. The topological polar surface area (TPSA) is 73.9 Å². The van der Waals surface area contributed by atoms with E-state index in [-0.39, 0.29) is 30.5 Å². The van der Waals surface area contributed by atoms with E-state index < -0.39 is 5.60 Å². The van der Waals surface area contributed by atoms with E-state index in [9.17, 15) is 5.11 Å². The van der Waals surface area contributed by atoms with Gasteiger partial charge in [0.2, 0.25) is 0 Å². The Morgan fingerprint density at radius 3 is 3.05 bits per heavy atom. The fraction of sp³-hybridized carbons (Fsp3) is 0.667. The van der Waals surface area contributed by atoms with Crippen LogP contribution in [0, 0.1) is 0 Å². The second-order valence-corrected chi connectivity index (χ2v) is 6.57. The van der Waals surface area contributed by atoms with Crippen molar-refractivity contribution in [3.05, 3.63) is 22.4 Å². The number of guanidine groups is 1. The minimum atomic E-state index is -0.963. The number of likely N-dealkylation sites (tertiary alicyclic amines) is 1. The van der Waals surface area contributed by atoms with Gasteiger partial charge in [0.25, 0.3) is 0 Å². The van der Waals surface area contributed by atoms with Crippen molar-refractivity contribution in [3.8, 4) is 0 Å². The zero-order chi connectivity index (χ0) is 15.3. The largest absolute Gasteiger partial charge is 0.383 e. The molecule has 0 radical (unpaired) electrons. The van der Waals surface area contributed by atoms with E-state index in [1.54, 1.807) is 18.3 Å². The molecule has 0 spiro atoms. The first-order valence-electron chi connectivity index (χ1n) is 7.56. The van der Waals surface area contributed by atoms with Gasteiger partial charge in [-0.1, -0.05) is 6.92 Å². The second kappa shape index (κ2) is 9.05. The van der Waals surface area contributed by atoms with Crippen molar-refractivity contribution in [2.24, 2.45) is 10.7 Å². The average molecular weight is 438 g/mol. The van der Waals surface area contributed by atoms with Crippen LogP contribution in [0.25, 0.3) is 0 Å². The predicted molar refractivity (Wildman–Crippen MR) is 104 cm³/mol. The van der Waals surface area contributed by atoms with E-state index in [1.807, 2.05) is 16.8 Å². The number of thiophene rings is 1. The van der Waals surface area contributed by atoms with Crippen LogP contribution in [0.4, 0.5) is 0 Å². The average Bonchev–Trinajstić information content (AvgIpc) is 3.13. The molecule has 22 heavy (non-hydrogen) atoms. The molecule has 1 aromatic rings. The highest BCUT2D eigenvalue weighted by molar-refractivity contribution is 14.0. The molecule has 7 heteroatoms. The summed E-state index contributed by atoms with van der Waals surface area (Å²) < 4.78 is 0. The van der Waals surface area contributed by atoms with Crippen LogP contribution in [0.5, 0.6) is 0 Å². The molecule has 0 amide bonds. The van der Waals surface area contributed by atoms with Gasteiger partial charge >= 0.3 is 0 Å². The molecule has 2 unspecified atom stereocenters. The highest BCUT2D eigenvalue weighted by atomic mass is 127. The number of nitrogens with two attached hydrogens (primary N) is 1. The van der Waals surface area contributed by atoms with Crippen molar-refractivity contribution >= 4 is 41.3 Å². The summed E-state index contributed by atoms with van der Waals surface area (Å²) in [6.07, 6.45) is 2.46. The normalized spacial score (nSPS) is 22.1. The highest BCUT2D eigenvalue weighted by Gasteiger charge is 2.24. The summed E-state index contributed by atoms with van der Waals surface area (Å²) in [6.45, 7) is 7.30. The Kier molecular flexibility index (Phi) is 8.09. The zero-order valence-corrected chi connectivity index (χ0v) is 16.4. The third kappa shape index (κ3) is 5.36. The van der Waals surface area contributed by atoms with Gasteiger partial charge in [0, 0.05) is 12.6 Å². The van der Waals surface area contributed by atoms with E-state index >= 15 is 0 Å². The van der Waals surface area contributed by atoms with Crippen LogP contribution in [-0.4, -0.2) is 48.2 Å². The first-order valence-corrected chi connectivity index (χ1v) is 8.50. The standard InChI is InChI=1S/C15H26N4OS.HI/c1-3-19-7-4-5-13(19)9-17-14(16)18-11-15(2,20)12-6-8-21-10-12;/h6,8,10,13,20H,3-5,7,9,11H2,1-2H3,(H3,16,17,18);1H. The van der Waals surface area contributed by atoms with E-state index in [0.29, 0.717) is 12.0 Å². The van der Waals surface area contributed by atoms with Gasteiger partial charge in [-0.3, -0.25) is 9.89 Å². The summed E-state index contributed by atoms with van der Waals surface area (Å²) in [6, 6.07) is 2.46. The lowest BCUT2D eigenvalue weighted by Crippen LogP contribution is -2.43. The summed E-state index contributed by atoms with van der Waals surface area (Å²) in [5.41, 5.74) is 5.83. The fourth-order valence-corrected chi connectivity index (χ4v) is 3.51. The first-order chi connectivity index (χ1) is 10.0. The number of nitrogens with one attached hydrogen (secondary N) is 1. The molecule has 1 aliphatic heterocycles. The quantitative estimate of drug-likeness (QED) is 0.361. The molecule has 0 aliphatic carbocycles. The van der Waals surface area contributed by atoms with Gasteiger partial charge < -0.3 is 16.2 Å².